The molecule has 0 spiro atoms. The van der Waals surface area contributed by atoms with Gasteiger partial charge in [-0.2, -0.15) is 5.10 Å². The van der Waals surface area contributed by atoms with E-state index >= 15 is 0 Å². The summed E-state index contributed by atoms with van der Waals surface area (Å²) in [6.07, 6.45) is 1.55. The number of hydrogen-bond donors (Lipinski definition) is 2. The highest BCUT2D eigenvalue weighted by Crippen LogP contribution is 2.17. The lowest BCUT2D eigenvalue weighted by molar-refractivity contribution is -0.114. The summed E-state index contributed by atoms with van der Waals surface area (Å²) in [5, 5.41) is 6.68. The van der Waals surface area contributed by atoms with E-state index in [2.05, 4.69) is 32.3 Å². The Labute approximate surface area is 157 Å². The molecule has 3 aromatic rings. The minimum atomic E-state index is -0.299. The average molecular weight is 363 g/mol. The molecule has 0 fully saturated rings. The smallest absolute Gasteiger partial charge is 0.271 e. The highest BCUT2D eigenvalue weighted by atomic mass is 16.2. The van der Waals surface area contributed by atoms with Crippen molar-refractivity contribution in [2.75, 3.05) is 5.32 Å². The van der Waals surface area contributed by atoms with E-state index in [9.17, 15) is 9.59 Å². The normalized spacial score (nSPS) is 11.1. The van der Waals surface area contributed by atoms with Gasteiger partial charge in [0.15, 0.2) is 0 Å². The maximum atomic E-state index is 12.3. The molecule has 3 rings (SSSR count). The fourth-order valence-corrected chi connectivity index (χ4v) is 2.88. The Hall–Kier alpha value is -3.48. The van der Waals surface area contributed by atoms with Gasteiger partial charge >= 0.3 is 0 Å². The lowest BCUT2D eigenvalue weighted by atomic mass is 10.2. The first-order chi connectivity index (χ1) is 13.0. The van der Waals surface area contributed by atoms with Gasteiger partial charge < -0.3 is 9.88 Å². The van der Waals surface area contributed by atoms with Crippen LogP contribution < -0.4 is 10.7 Å². The largest absolute Gasteiger partial charge is 0.329 e. The van der Waals surface area contributed by atoms with Crippen molar-refractivity contribution in [3.05, 3.63) is 59.4 Å². The van der Waals surface area contributed by atoms with Crippen LogP contribution in [0.1, 0.15) is 35.6 Å². The third kappa shape index (κ3) is 4.20. The van der Waals surface area contributed by atoms with Crippen molar-refractivity contribution in [2.24, 2.45) is 5.10 Å². The summed E-state index contributed by atoms with van der Waals surface area (Å²) in [4.78, 5) is 27.8. The van der Waals surface area contributed by atoms with Crippen LogP contribution in [0.5, 0.6) is 0 Å². The molecule has 0 aliphatic rings. The molecular formula is C20H21N5O2. The van der Waals surface area contributed by atoms with Gasteiger partial charge in [-0.1, -0.05) is 12.1 Å². The number of carbonyl (C=O) groups excluding carboxylic acids is 2. The molecule has 1 heterocycles. The van der Waals surface area contributed by atoms with Gasteiger partial charge in [-0.15, -0.1) is 0 Å². The number of amides is 2. The monoisotopic (exact) mass is 363 g/mol. The molecule has 2 aromatic carbocycles. The van der Waals surface area contributed by atoms with Gasteiger partial charge in [-0.05, 0) is 49.7 Å². The average Bonchev–Trinajstić information content (AvgIpc) is 2.96. The minimum Gasteiger partial charge on any atom is -0.329 e. The van der Waals surface area contributed by atoms with Crippen molar-refractivity contribution in [1.82, 2.24) is 15.0 Å². The predicted octanol–water partition coefficient (Wildman–Crippen LogP) is 3.09. The van der Waals surface area contributed by atoms with E-state index in [1.165, 1.54) is 6.92 Å². The molecule has 0 saturated carbocycles. The molecule has 2 amide bonds. The van der Waals surface area contributed by atoms with Gasteiger partial charge in [0.25, 0.3) is 5.91 Å². The lowest BCUT2D eigenvalue weighted by Crippen LogP contribution is -2.17. The van der Waals surface area contributed by atoms with E-state index in [4.69, 9.17) is 0 Å². The number of fused-ring (bicyclic) bond motifs is 1. The van der Waals surface area contributed by atoms with Gasteiger partial charge in [0.05, 0.1) is 17.2 Å². The summed E-state index contributed by atoms with van der Waals surface area (Å²) >= 11 is 0. The SMILES string of the molecule is CCn1c(C)nc2cc(C(=O)NN=Cc3ccc(NC(C)=O)cc3)ccc21. The second-order valence-electron chi connectivity index (χ2n) is 6.11. The predicted molar refractivity (Wildman–Crippen MR) is 106 cm³/mol. The number of anilines is 1. The van der Waals surface area contributed by atoms with Crippen LogP contribution in [0.25, 0.3) is 11.0 Å². The number of benzene rings is 2. The van der Waals surface area contributed by atoms with Crippen molar-refractivity contribution in [1.29, 1.82) is 0 Å². The first-order valence-electron chi connectivity index (χ1n) is 8.66. The zero-order chi connectivity index (χ0) is 19.4. The first kappa shape index (κ1) is 18.3. The number of hydrazone groups is 1. The fourth-order valence-electron chi connectivity index (χ4n) is 2.88. The number of nitrogens with one attached hydrogen (secondary N) is 2. The molecule has 0 aliphatic carbocycles. The van der Waals surface area contributed by atoms with E-state index in [1.807, 2.05) is 13.0 Å². The quantitative estimate of drug-likeness (QED) is 0.539. The summed E-state index contributed by atoms with van der Waals surface area (Å²) in [6.45, 7) is 6.30. The minimum absolute atomic E-state index is 0.125. The van der Waals surface area contributed by atoms with Crippen LogP contribution in [-0.4, -0.2) is 27.6 Å². The van der Waals surface area contributed by atoms with E-state index in [1.54, 1.807) is 42.6 Å². The fraction of sp³-hybridized carbons (Fsp3) is 0.200. The Morgan fingerprint density at radius 1 is 1.19 bits per heavy atom. The molecule has 0 bridgehead atoms. The van der Waals surface area contributed by atoms with Gasteiger partial charge in [0.2, 0.25) is 5.91 Å². The summed E-state index contributed by atoms with van der Waals surface area (Å²) in [5.74, 6) is 0.497. The number of rotatable bonds is 5. The van der Waals surface area contributed by atoms with Crippen LogP contribution >= 0.6 is 0 Å². The number of carbonyl (C=O) groups is 2. The maximum Gasteiger partial charge on any atom is 0.271 e. The number of nitrogens with zero attached hydrogens (tertiary/aromatic N) is 3. The van der Waals surface area contributed by atoms with Crippen molar-refractivity contribution < 1.29 is 9.59 Å². The Bertz CT molecular complexity index is 1020. The highest BCUT2D eigenvalue weighted by molar-refractivity contribution is 5.98. The molecule has 7 heteroatoms. The van der Waals surface area contributed by atoms with E-state index in [0.717, 1.165) is 29.0 Å². The van der Waals surface area contributed by atoms with E-state index < -0.39 is 0 Å². The van der Waals surface area contributed by atoms with E-state index in [-0.39, 0.29) is 11.8 Å². The van der Waals surface area contributed by atoms with Crippen molar-refractivity contribution in [3.8, 4) is 0 Å². The van der Waals surface area contributed by atoms with Crippen molar-refractivity contribution >= 4 is 34.7 Å². The molecule has 1 aromatic heterocycles. The molecule has 138 valence electrons. The third-order valence-electron chi connectivity index (χ3n) is 4.13. The summed E-state index contributed by atoms with van der Waals surface area (Å²) in [5.41, 5.74) is 6.33. The van der Waals surface area contributed by atoms with Gasteiger partial charge in [0, 0.05) is 24.7 Å². The van der Waals surface area contributed by atoms with Gasteiger partial charge in [0.1, 0.15) is 5.82 Å². The van der Waals surface area contributed by atoms with Gasteiger partial charge in [-0.3, -0.25) is 9.59 Å². The Morgan fingerprint density at radius 3 is 2.59 bits per heavy atom. The second kappa shape index (κ2) is 7.82. The molecular weight excluding hydrogens is 342 g/mol. The molecule has 27 heavy (non-hydrogen) atoms. The summed E-state index contributed by atoms with van der Waals surface area (Å²) in [7, 11) is 0. The topological polar surface area (TPSA) is 88.4 Å². The van der Waals surface area contributed by atoms with Crippen LogP contribution in [-0.2, 0) is 11.3 Å². The number of aryl methyl sites for hydroxylation is 2. The second-order valence-corrected chi connectivity index (χ2v) is 6.11. The Kier molecular flexibility index (Phi) is 5.30. The molecule has 0 unspecified atom stereocenters. The zero-order valence-electron chi connectivity index (χ0n) is 15.5. The molecule has 7 nitrogen and oxygen atoms in total. The molecule has 0 radical (unpaired) electrons. The lowest BCUT2D eigenvalue weighted by Gasteiger charge is -2.03. The molecule has 2 N–H and O–H groups in total. The van der Waals surface area contributed by atoms with E-state index in [0.29, 0.717) is 11.3 Å². The first-order valence-corrected chi connectivity index (χ1v) is 8.66. The van der Waals surface area contributed by atoms with Crippen molar-refractivity contribution in [2.45, 2.75) is 27.3 Å². The standard InChI is InChI=1S/C20H21N5O2/c1-4-25-13(2)22-18-11-16(7-10-19(18)25)20(27)24-21-12-15-5-8-17(9-6-15)23-14(3)26/h5-12H,4H2,1-3H3,(H,23,26)(H,24,27). The molecule has 0 atom stereocenters. The Balaban J connectivity index is 1.67. The van der Waals surface area contributed by atoms with Crippen LogP contribution in [0.2, 0.25) is 0 Å². The Morgan fingerprint density at radius 2 is 1.93 bits per heavy atom. The summed E-state index contributed by atoms with van der Waals surface area (Å²) in [6, 6.07) is 12.6. The van der Waals surface area contributed by atoms with Crippen molar-refractivity contribution in [3.63, 3.8) is 0 Å². The van der Waals surface area contributed by atoms with Crippen LogP contribution in [0.4, 0.5) is 5.69 Å². The molecule has 0 aliphatic heterocycles. The van der Waals surface area contributed by atoms with Crippen LogP contribution in [0.3, 0.4) is 0 Å². The zero-order valence-corrected chi connectivity index (χ0v) is 15.5. The number of imidazole rings is 1. The number of hydrogen-bond acceptors (Lipinski definition) is 4. The molecule has 0 saturated heterocycles. The maximum absolute atomic E-state index is 12.3. The van der Waals surface area contributed by atoms with Crippen LogP contribution in [0.15, 0.2) is 47.6 Å². The van der Waals surface area contributed by atoms with Crippen LogP contribution in [0, 0.1) is 6.92 Å². The number of aromatic nitrogens is 2. The highest BCUT2D eigenvalue weighted by Gasteiger charge is 2.10. The summed E-state index contributed by atoms with van der Waals surface area (Å²) < 4.78 is 2.10. The third-order valence-corrected chi connectivity index (χ3v) is 4.13. The van der Waals surface area contributed by atoms with Gasteiger partial charge in [-0.25, -0.2) is 10.4 Å².